The van der Waals surface area contributed by atoms with Crippen LogP contribution in [0.2, 0.25) is 0 Å². The summed E-state index contributed by atoms with van der Waals surface area (Å²) < 4.78 is 22.7. The molecule has 3 aromatic rings. The van der Waals surface area contributed by atoms with E-state index in [9.17, 15) is 25.0 Å². The van der Waals surface area contributed by atoms with Crippen molar-refractivity contribution in [3.05, 3.63) is 41.5 Å². The van der Waals surface area contributed by atoms with Gasteiger partial charge < -0.3 is 40.3 Å². The summed E-state index contributed by atoms with van der Waals surface area (Å²) in [5.41, 5.74) is 2.23. The third-order valence-corrected chi connectivity index (χ3v) is 7.60. The van der Waals surface area contributed by atoms with E-state index in [-0.39, 0.29) is 12.4 Å². The average Bonchev–Trinajstić information content (AvgIpc) is 3.47. The number of nitrogens with one attached hydrogen (secondary N) is 1. The maximum atomic E-state index is 11.0. The van der Waals surface area contributed by atoms with Crippen molar-refractivity contribution >= 4 is 42.8 Å². The van der Waals surface area contributed by atoms with Gasteiger partial charge in [0.2, 0.25) is 0 Å². The molecule has 0 bridgehead atoms. The predicted molar refractivity (Wildman–Crippen MR) is 146 cm³/mol. The Balaban J connectivity index is 1.27. The first kappa shape index (κ1) is 30.3. The molecule has 1 aliphatic rings. The molecule has 218 valence electrons. The molecular weight excluding hydrogens is 567 g/mol. The van der Waals surface area contributed by atoms with Crippen LogP contribution >= 0.6 is 19.6 Å². The fraction of sp³-hybridized carbons (Fsp3) is 0.478. The Labute approximate surface area is 233 Å². The maximum absolute atomic E-state index is 11.0. The van der Waals surface area contributed by atoms with Crippen molar-refractivity contribution < 1.29 is 44.0 Å². The lowest BCUT2D eigenvalue weighted by Crippen LogP contribution is -2.33. The molecule has 1 aromatic carbocycles. The smallest absolute Gasteiger partial charge is 0.469 e. The van der Waals surface area contributed by atoms with Gasteiger partial charge in [-0.15, -0.1) is 0 Å². The lowest BCUT2D eigenvalue weighted by atomic mass is 10.0. The summed E-state index contributed by atoms with van der Waals surface area (Å²) >= 11 is 1.63. The monoisotopic (exact) mass is 598 g/mol. The Morgan fingerprint density at radius 1 is 1.23 bits per heavy atom. The molecular formula is C23H31N6O9PS. The van der Waals surface area contributed by atoms with Crippen LogP contribution in [0.15, 0.2) is 29.8 Å². The standard InChI is InChI=1S/C23H31N6O9PS/c1-13-2-3-14(10-37-39(34,35)36)15(18(13)31)8-24-4-6-40-7-5-25-21-17-22(27-11-26-21)29(12-28-17)23-20(33)19(32)16(9-30)38-23/h2-3,8,11-12,16,19-20,23,30-33H,4-7,9-10H2,1H3,(H,25,26,27)(H2,34,35,36)/t16-,19-,20-,23-/m1/s1. The highest BCUT2D eigenvalue weighted by Gasteiger charge is 2.44. The maximum Gasteiger partial charge on any atom is 0.469 e. The highest BCUT2D eigenvalue weighted by atomic mass is 32.2. The molecule has 1 saturated heterocycles. The van der Waals surface area contributed by atoms with Crippen molar-refractivity contribution in [1.29, 1.82) is 0 Å². The lowest BCUT2D eigenvalue weighted by molar-refractivity contribution is -0.0511. The number of nitrogens with zero attached hydrogens (tertiary/aromatic N) is 5. The summed E-state index contributed by atoms with van der Waals surface area (Å²) in [6, 6.07) is 3.25. The Hall–Kier alpha value is -2.66. The molecule has 0 amide bonds. The molecule has 0 saturated carbocycles. The highest BCUT2D eigenvalue weighted by molar-refractivity contribution is 7.99. The van der Waals surface area contributed by atoms with E-state index in [1.165, 1.54) is 23.4 Å². The first-order valence-electron chi connectivity index (χ1n) is 12.2. The number of hydrogen-bond acceptors (Lipinski definition) is 13. The van der Waals surface area contributed by atoms with Crippen LogP contribution < -0.4 is 5.32 Å². The Kier molecular flexibility index (Phi) is 10.1. The number of aliphatic hydroxyl groups excluding tert-OH is 3. The second kappa shape index (κ2) is 13.3. The molecule has 3 heterocycles. The van der Waals surface area contributed by atoms with Crippen LogP contribution in [-0.2, 0) is 20.4 Å². The topological polar surface area (TPSA) is 225 Å². The summed E-state index contributed by atoms with van der Waals surface area (Å²) in [6.07, 6.45) is -0.0919. The number of ether oxygens (including phenoxy) is 1. The van der Waals surface area contributed by atoms with Crippen LogP contribution in [0.25, 0.3) is 11.2 Å². The number of aromatic hydroxyl groups is 1. The van der Waals surface area contributed by atoms with E-state index < -0.39 is 39.0 Å². The minimum atomic E-state index is -4.66. The number of phenols is 1. The molecule has 0 aliphatic carbocycles. The van der Waals surface area contributed by atoms with Crippen molar-refractivity contribution in [1.82, 2.24) is 19.5 Å². The SMILES string of the molecule is Cc1ccc(COP(=O)(O)O)c(C=NCCSCCNc2ncnc3c2ncn3[C@@H]2O[C@H](CO)[C@@H](O)[C@H]2O)c1O. The number of hydrogen-bond donors (Lipinski definition) is 7. The van der Waals surface area contributed by atoms with Crippen molar-refractivity contribution in [2.45, 2.75) is 38.1 Å². The number of benzene rings is 1. The van der Waals surface area contributed by atoms with Crippen LogP contribution in [0.4, 0.5) is 5.82 Å². The molecule has 15 nitrogen and oxygen atoms in total. The van der Waals surface area contributed by atoms with Crippen molar-refractivity contribution in [2.75, 3.05) is 36.5 Å². The number of rotatable bonds is 13. The number of aliphatic imine (C=N–C) groups is 1. The van der Waals surface area contributed by atoms with Crippen LogP contribution in [0.3, 0.4) is 0 Å². The Bertz CT molecular complexity index is 1390. The van der Waals surface area contributed by atoms with Gasteiger partial charge in [-0.25, -0.2) is 19.5 Å². The summed E-state index contributed by atoms with van der Waals surface area (Å²) in [7, 11) is -4.66. The van der Waals surface area contributed by atoms with Crippen molar-refractivity contribution in [3.63, 3.8) is 0 Å². The van der Waals surface area contributed by atoms with Crippen LogP contribution in [0, 0.1) is 6.92 Å². The molecule has 1 aliphatic heterocycles. The van der Waals surface area contributed by atoms with E-state index >= 15 is 0 Å². The quantitative estimate of drug-likeness (QED) is 0.0800. The van der Waals surface area contributed by atoms with Gasteiger partial charge in [-0.2, -0.15) is 11.8 Å². The van der Waals surface area contributed by atoms with Crippen LogP contribution in [-0.4, -0.2) is 105 Å². The number of phenolic OH excluding ortho intramolecular Hbond substituents is 1. The fourth-order valence-electron chi connectivity index (χ4n) is 4.08. The second-order valence-electron chi connectivity index (χ2n) is 8.92. The number of aliphatic hydroxyl groups is 3. The zero-order valence-electron chi connectivity index (χ0n) is 21.4. The zero-order chi connectivity index (χ0) is 28.9. The first-order valence-corrected chi connectivity index (χ1v) is 14.9. The molecule has 40 heavy (non-hydrogen) atoms. The number of imidazole rings is 1. The van der Waals surface area contributed by atoms with E-state index in [1.807, 2.05) is 0 Å². The Morgan fingerprint density at radius 2 is 2.02 bits per heavy atom. The van der Waals surface area contributed by atoms with Gasteiger partial charge in [-0.3, -0.25) is 14.1 Å². The number of anilines is 1. The molecule has 0 unspecified atom stereocenters. The van der Waals surface area contributed by atoms with Crippen molar-refractivity contribution in [2.24, 2.45) is 4.99 Å². The minimum absolute atomic E-state index is 0.0237. The molecule has 4 atom stereocenters. The first-order chi connectivity index (χ1) is 19.1. The molecule has 0 radical (unpaired) electrons. The van der Waals surface area contributed by atoms with E-state index in [2.05, 4.69) is 29.8 Å². The van der Waals surface area contributed by atoms with Gasteiger partial charge in [-0.1, -0.05) is 12.1 Å². The number of aryl methyl sites for hydroxylation is 1. The van der Waals surface area contributed by atoms with Gasteiger partial charge in [0, 0.05) is 36.4 Å². The number of phosphoric ester groups is 1. The zero-order valence-corrected chi connectivity index (χ0v) is 23.1. The van der Waals surface area contributed by atoms with Gasteiger partial charge in [-0.05, 0) is 18.1 Å². The normalized spacial score (nSPS) is 21.6. The summed E-state index contributed by atoms with van der Waals surface area (Å²) in [4.78, 5) is 35.1. The Morgan fingerprint density at radius 3 is 2.75 bits per heavy atom. The van der Waals surface area contributed by atoms with Gasteiger partial charge in [0.05, 0.1) is 19.5 Å². The predicted octanol–water partition coefficient (Wildman–Crippen LogP) is 0.325. The minimum Gasteiger partial charge on any atom is -0.507 e. The summed E-state index contributed by atoms with van der Waals surface area (Å²) in [6.45, 7) is 1.92. The number of phosphoric acid groups is 1. The van der Waals surface area contributed by atoms with Crippen LogP contribution in [0.5, 0.6) is 5.75 Å². The molecule has 1 fully saturated rings. The average molecular weight is 599 g/mol. The van der Waals surface area contributed by atoms with Gasteiger partial charge in [0.15, 0.2) is 23.2 Å². The van der Waals surface area contributed by atoms with Crippen molar-refractivity contribution in [3.8, 4) is 5.75 Å². The lowest BCUT2D eigenvalue weighted by Gasteiger charge is -2.16. The number of aromatic nitrogens is 4. The fourth-order valence-corrected chi connectivity index (χ4v) is 5.07. The second-order valence-corrected chi connectivity index (χ2v) is 11.4. The molecule has 2 aromatic heterocycles. The van der Waals surface area contributed by atoms with Gasteiger partial charge >= 0.3 is 7.82 Å². The summed E-state index contributed by atoms with van der Waals surface area (Å²) in [5, 5.41) is 43.3. The third kappa shape index (κ3) is 7.15. The van der Waals surface area contributed by atoms with E-state index in [1.54, 1.807) is 30.8 Å². The number of thioether (sulfide) groups is 1. The van der Waals surface area contributed by atoms with E-state index in [0.717, 1.165) is 0 Å². The number of fused-ring (bicyclic) bond motifs is 1. The molecule has 17 heteroatoms. The van der Waals surface area contributed by atoms with Crippen LogP contribution in [0.1, 0.15) is 22.9 Å². The molecule has 4 rings (SSSR count). The summed E-state index contributed by atoms with van der Waals surface area (Å²) in [5.74, 6) is 1.87. The molecule has 7 N–H and O–H groups in total. The van der Waals surface area contributed by atoms with E-state index in [0.29, 0.717) is 58.3 Å². The largest absolute Gasteiger partial charge is 0.507 e. The highest BCUT2D eigenvalue weighted by Crippen LogP contribution is 2.38. The molecule has 0 spiro atoms. The van der Waals surface area contributed by atoms with Gasteiger partial charge in [0.1, 0.15) is 30.4 Å². The third-order valence-electron chi connectivity index (χ3n) is 6.17. The van der Waals surface area contributed by atoms with Gasteiger partial charge in [0.25, 0.3) is 0 Å². The van der Waals surface area contributed by atoms with E-state index in [4.69, 9.17) is 14.5 Å².